The second-order valence-electron chi connectivity index (χ2n) is 14.3. The van der Waals surface area contributed by atoms with Gasteiger partial charge in [-0.05, 0) is 96.2 Å². The molecule has 0 unspecified atom stereocenters. The van der Waals surface area contributed by atoms with Gasteiger partial charge >= 0.3 is 0 Å². The Kier molecular flexibility index (Phi) is 9.23. The van der Waals surface area contributed by atoms with E-state index in [0.717, 1.165) is 31.4 Å². The summed E-state index contributed by atoms with van der Waals surface area (Å²) < 4.78 is 6.99. The third-order valence-corrected chi connectivity index (χ3v) is 7.01. The lowest BCUT2D eigenvalue weighted by molar-refractivity contribution is 0.125. The van der Waals surface area contributed by atoms with Gasteiger partial charge in [-0.15, -0.1) is 0 Å². The van der Waals surface area contributed by atoms with Gasteiger partial charge in [0.15, 0.2) is 0 Å². The Hall–Kier alpha value is -2.54. The molecule has 0 amide bonds. The maximum Gasteiger partial charge on any atom is 0.127 e. The molecule has 38 heavy (non-hydrogen) atoms. The molecule has 0 aliphatic carbocycles. The van der Waals surface area contributed by atoms with E-state index in [1.807, 2.05) is 0 Å². The van der Waals surface area contributed by atoms with Gasteiger partial charge in [0.1, 0.15) is 11.4 Å². The van der Waals surface area contributed by atoms with E-state index in [-0.39, 0.29) is 22.3 Å². The zero-order valence-corrected chi connectivity index (χ0v) is 26.1. The molecule has 0 heterocycles. The summed E-state index contributed by atoms with van der Waals surface area (Å²) in [5.41, 5.74) is 10.0. The second-order valence-corrected chi connectivity index (χ2v) is 14.3. The topological polar surface area (TPSA) is 9.23 Å². The molecule has 3 aromatic carbocycles. The van der Waals surface area contributed by atoms with Crippen molar-refractivity contribution in [2.75, 3.05) is 0 Å². The standard InChI is InChI=1S/C37H52O/c1-12-28-30(24-35(3,4)5)34(38-37(9,10)11)31(25-36(6,7)8)29(13-2)33(28)32(26-20-16-14-17-21-26)27-22-18-15-19-23-27/h14-23,32H,12-13,24-25H2,1-11H3. The monoisotopic (exact) mass is 512 g/mol. The highest BCUT2D eigenvalue weighted by molar-refractivity contribution is 5.62. The van der Waals surface area contributed by atoms with E-state index in [1.165, 1.54) is 38.9 Å². The molecule has 1 heteroatoms. The highest BCUT2D eigenvalue weighted by atomic mass is 16.5. The van der Waals surface area contributed by atoms with E-state index in [0.29, 0.717) is 0 Å². The van der Waals surface area contributed by atoms with Gasteiger partial charge in [0.25, 0.3) is 0 Å². The lowest BCUT2D eigenvalue weighted by atomic mass is 9.72. The molecule has 3 rings (SSSR count). The first kappa shape index (κ1) is 30.0. The van der Waals surface area contributed by atoms with Gasteiger partial charge in [-0.2, -0.15) is 0 Å². The molecule has 0 aromatic heterocycles. The molecule has 0 aliphatic heterocycles. The van der Waals surface area contributed by atoms with Gasteiger partial charge in [-0.25, -0.2) is 0 Å². The number of hydrogen-bond donors (Lipinski definition) is 0. The number of benzene rings is 3. The first-order valence-electron chi connectivity index (χ1n) is 14.6. The third kappa shape index (κ3) is 7.52. The van der Waals surface area contributed by atoms with E-state index in [2.05, 4.69) is 137 Å². The largest absolute Gasteiger partial charge is 0.488 e. The summed E-state index contributed by atoms with van der Waals surface area (Å²) >= 11 is 0. The molecule has 1 nitrogen and oxygen atoms in total. The maximum absolute atomic E-state index is 6.99. The minimum atomic E-state index is -0.269. The predicted octanol–water partition coefficient (Wildman–Crippen LogP) is 10.3. The van der Waals surface area contributed by atoms with Crippen LogP contribution in [0, 0.1) is 10.8 Å². The van der Waals surface area contributed by atoms with E-state index in [9.17, 15) is 0 Å². The van der Waals surface area contributed by atoms with Gasteiger partial charge in [0.05, 0.1) is 0 Å². The van der Waals surface area contributed by atoms with Gasteiger partial charge in [-0.1, -0.05) is 116 Å². The first-order valence-corrected chi connectivity index (χ1v) is 14.6. The average molecular weight is 513 g/mol. The zero-order chi connectivity index (χ0) is 28.3. The van der Waals surface area contributed by atoms with Gasteiger partial charge < -0.3 is 4.74 Å². The Morgan fingerprint density at radius 1 is 0.553 bits per heavy atom. The summed E-state index contributed by atoms with van der Waals surface area (Å²) in [5.74, 6) is 1.34. The maximum atomic E-state index is 6.99. The fourth-order valence-corrected chi connectivity index (χ4v) is 5.80. The molecular weight excluding hydrogens is 460 g/mol. The Morgan fingerprint density at radius 2 is 0.921 bits per heavy atom. The SMILES string of the molecule is CCc1c(CC(C)(C)C)c(OC(C)(C)C)c(CC(C)(C)C)c(CC)c1C(c1ccccc1)c1ccccc1. The van der Waals surface area contributed by atoms with Crippen LogP contribution < -0.4 is 4.74 Å². The molecule has 0 bridgehead atoms. The van der Waals surface area contributed by atoms with Crippen LogP contribution in [0.4, 0.5) is 0 Å². The molecule has 0 saturated heterocycles. The molecule has 0 atom stereocenters. The minimum Gasteiger partial charge on any atom is -0.488 e. The van der Waals surface area contributed by atoms with Crippen molar-refractivity contribution in [2.45, 2.75) is 113 Å². The van der Waals surface area contributed by atoms with Crippen molar-refractivity contribution in [3.05, 3.63) is 99.6 Å². The zero-order valence-electron chi connectivity index (χ0n) is 26.1. The Balaban J connectivity index is 2.56. The predicted molar refractivity (Wildman–Crippen MR) is 166 cm³/mol. The summed E-state index contributed by atoms with van der Waals surface area (Å²) in [4.78, 5) is 0. The minimum absolute atomic E-state index is 0.138. The third-order valence-electron chi connectivity index (χ3n) is 7.01. The van der Waals surface area contributed by atoms with Crippen LogP contribution in [0.1, 0.15) is 121 Å². The number of rotatable bonds is 8. The van der Waals surface area contributed by atoms with Crippen LogP contribution in [0.3, 0.4) is 0 Å². The van der Waals surface area contributed by atoms with E-state index < -0.39 is 0 Å². The fourth-order valence-electron chi connectivity index (χ4n) is 5.80. The number of hydrogen-bond acceptors (Lipinski definition) is 1. The molecule has 3 aromatic rings. The van der Waals surface area contributed by atoms with E-state index in [1.54, 1.807) is 0 Å². The quantitative estimate of drug-likeness (QED) is 0.273. The Bertz CT molecular complexity index is 1100. The summed E-state index contributed by atoms with van der Waals surface area (Å²) in [6, 6.07) is 22.2. The van der Waals surface area contributed by atoms with Crippen molar-refractivity contribution in [1.29, 1.82) is 0 Å². The lowest BCUT2D eigenvalue weighted by Crippen LogP contribution is -2.28. The van der Waals surface area contributed by atoms with Crippen LogP contribution >= 0.6 is 0 Å². The van der Waals surface area contributed by atoms with Crippen molar-refractivity contribution in [1.82, 2.24) is 0 Å². The molecule has 0 saturated carbocycles. The first-order chi connectivity index (χ1) is 17.6. The van der Waals surface area contributed by atoms with Crippen LogP contribution in [-0.4, -0.2) is 5.60 Å². The molecule has 0 N–H and O–H groups in total. The normalized spacial score (nSPS) is 12.7. The van der Waals surface area contributed by atoms with Crippen LogP contribution in [0.2, 0.25) is 0 Å². The Morgan fingerprint density at radius 3 is 1.21 bits per heavy atom. The molecule has 0 fully saturated rings. The summed E-state index contributed by atoms with van der Waals surface area (Å²) in [6.07, 6.45) is 3.96. The highest BCUT2D eigenvalue weighted by Crippen LogP contribution is 2.47. The van der Waals surface area contributed by atoms with Gasteiger partial charge in [0, 0.05) is 5.92 Å². The van der Waals surface area contributed by atoms with Crippen LogP contribution in [0.5, 0.6) is 5.75 Å². The fraction of sp³-hybridized carbons (Fsp3) is 0.514. The van der Waals surface area contributed by atoms with Crippen molar-refractivity contribution >= 4 is 0 Å². The van der Waals surface area contributed by atoms with E-state index in [4.69, 9.17) is 4.74 Å². The number of ether oxygens (including phenoxy) is 1. The second kappa shape index (κ2) is 11.7. The average Bonchev–Trinajstić information content (AvgIpc) is 2.81. The van der Waals surface area contributed by atoms with Crippen LogP contribution in [0.25, 0.3) is 0 Å². The van der Waals surface area contributed by atoms with E-state index >= 15 is 0 Å². The summed E-state index contributed by atoms with van der Waals surface area (Å²) in [7, 11) is 0. The Labute approximate surface area is 234 Å². The molecule has 0 radical (unpaired) electrons. The van der Waals surface area contributed by atoms with Crippen LogP contribution in [-0.2, 0) is 25.7 Å². The lowest BCUT2D eigenvalue weighted by Gasteiger charge is -2.36. The van der Waals surface area contributed by atoms with Crippen molar-refractivity contribution in [3.63, 3.8) is 0 Å². The molecule has 206 valence electrons. The molecular formula is C37H52O. The van der Waals surface area contributed by atoms with Crippen molar-refractivity contribution < 1.29 is 4.74 Å². The van der Waals surface area contributed by atoms with Crippen molar-refractivity contribution in [3.8, 4) is 5.75 Å². The van der Waals surface area contributed by atoms with Gasteiger partial charge in [-0.3, -0.25) is 0 Å². The highest BCUT2D eigenvalue weighted by Gasteiger charge is 2.33. The van der Waals surface area contributed by atoms with Gasteiger partial charge in [0.2, 0.25) is 0 Å². The summed E-state index contributed by atoms with van der Waals surface area (Å²) in [5, 5.41) is 0. The smallest absolute Gasteiger partial charge is 0.127 e. The van der Waals surface area contributed by atoms with Crippen molar-refractivity contribution in [2.24, 2.45) is 10.8 Å². The molecule has 0 aliphatic rings. The summed E-state index contributed by atoms with van der Waals surface area (Å²) in [6.45, 7) is 25.4. The van der Waals surface area contributed by atoms with Crippen LogP contribution in [0.15, 0.2) is 60.7 Å². The molecule has 0 spiro atoms.